The smallest absolute Gasteiger partial charge is 0.0378 e. The lowest BCUT2D eigenvalue weighted by Gasteiger charge is -2.09. The second-order valence-corrected chi connectivity index (χ2v) is 3.85. The molecule has 13 heavy (non-hydrogen) atoms. The highest BCUT2D eigenvalue weighted by Gasteiger charge is 2.02. The van der Waals surface area contributed by atoms with E-state index in [2.05, 4.69) is 32.0 Å². The van der Waals surface area contributed by atoms with Gasteiger partial charge in [0.05, 0.1) is 0 Å². The minimum atomic E-state index is 0.0729. The number of hydrogen-bond donors (Lipinski definition) is 1. The molecule has 0 radical (unpaired) electrons. The van der Waals surface area contributed by atoms with Gasteiger partial charge in [0, 0.05) is 11.9 Å². The van der Waals surface area contributed by atoms with Crippen molar-refractivity contribution >= 4 is 11.6 Å². The van der Waals surface area contributed by atoms with Gasteiger partial charge in [-0.1, -0.05) is 18.2 Å². The molecule has 1 aromatic rings. The Bertz CT molecular complexity index is 283. The van der Waals surface area contributed by atoms with Crippen LogP contribution in [0.4, 0.5) is 0 Å². The van der Waals surface area contributed by atoms with Gasteiger partial charge in [0.25, 0.3) is 0 Å². The summed E-state index contributed by atoms with van der Waals surface area (Å²) in [7, 11) is 0. The van der Waals surface area contributed by atoms with E-state index >= 15 is 0 Å². The zero-order chi connectivity index (χ0) is 9.84. The number of nitrogens with two attached hydrogens (primary N) is 1. The zero-order valence-corrected chi connectivity index (χ0v) is 8.93. The summed E-state index contributed by atoms with van der Waals surface area (Å²) in [5, 5.41) is 0. The van der Waals surface area contributed by atoms with Crippen LogP contribution in [-0.4, -0.2) is 11.9 Å². The van der Waals surface area contributed by atoms with E-state index in [0.717, 1.165) is 6.42 Å². The van der Waals surface area contributed by atoms with Crippen molar-refractivity contribution in [2.45, 2.75) is 26.3 Å². The number of hydrogen-bond acceptors (Lipinski definition) is 1. The predicted octanol–water partition coefficient (Wildman–Crippen LogP) is 2.41. The minimum absolute atomic E-state index is 0.0729. The molecule has 0 amide bonds. The van der Waals surface area contributed by atoms with Crippen LogP contribution < -0.4 is 5.73 Å². The number of halogens is 1. The van der Waals surface area contributed by atoms with Gasteiger partial charge < -0.3 is 5.73 Å². The van der Waals surface area contributed by atoms with E-state index in [1.165, 1.54) is 16.7 Å². The summed E-state index contributed by atoms with van der Waals surface area (Å²) >= 11 is 5.65. The standard InChI is InChI=1S/C11H16ClN/c1-8-3-4-10(5-9(8)2)6-11(13)7-12/h3-5,11H,6-7,13H2,1-2H3/t11-/m1/s1. The maximum absolute atomic E-state index is 5.76. The number of rotatable bonds is 3. The molecule has 0 fully saturated rings. The molecule has 0 heterocycles. The summed E-state index contributed by atoms with van der Waals surface area (Å²) in [6, 6.07) is 6.51. The Morgan fingerprint density at radius 3 is 2.54 bits per heavy atom. The summed E-state index contributed by atoms with van der Waals surface area (Å²) in [6.45, 7) is 4.23. The fraction of sp³-hybridized carbons (Fsp3) is 0.455. The van der Waals surface area contributed by atoms with Crippen molar-refractivity contribution < 1.29 is 0 Å². The first-order valence-corrected chi connectivity index (χ1v) is 5.04. The van der Waals surface area contributed by atoms with Gasteiger partial charge in [-0.3, -0.25) is 0 Å². The van der Waals surface area contributed by atoms with E-state index in [9.17, 15) is 0 Å². The Hall–Kier alpha value is -0.530. The highest BCUT2D eigenvalue weighted by atomic mass is 35.5. The van der Waals surface area contributed by atoms with Crippen molar-refractivity contribution in [2.75, 3.05) is 5.88 Å². The van der Waals surface area contributed by atoms with Gasteiger partial charge in [0.2, 0.25) is 0 Å². The predicted molar refractivity (Wildman–Crippen MR) is 58.3 cm³/mol. The molecule has 2 heteroatoms. The van der Waals surface area contributed by atoms with E-state index in [1.807, 2.05) is 0 Å². The third-order valence-corrected chi connectivity index (χ3v) is 2.66. The van der Waals surface area contributed by atoms with Crippen LogP contribution in [0.15, 0.2) is 18.2 Å². The monoisotopic (exact) mass is 197 g/mol. The third-order valence-electron chi connectivity index (χ3n) is 2.27. The Balaban J connectivity index is 2.73. The van der Waals surface area contributed by atoms with Gasteiger partial charge in [-0.2, -0.15) is 0 Å². The first-order chi connectivity index (χ1) is 6.13. The first kappa shape index (κ1) is 10.6. The van der Waals surface area contributed by atoms with Crippen molar-refractivity contribution in [3.05, 3.63) is 34.9 Å². The van der Waals surface area contributed by atoms with Crippen molar-refractivity contribution in [3.8, 4) is 0 Å². The van der Waals surface area contributed by atoms with Crippen LogP contribution in [0.25, 0.3) is 0 Å². The Labute approximate surface area is 84.9 Å². The summed E-state index contributed by atoms with van der Waals surface area (Å²) in [4.78, 5) is 0. The van der Waals surface area contributed by atoms with Crippen LogP contribution in [0, 0.1) is 13.8 Å². The molecule has 1 nitrogen and oxygen atoms in total. The largest absolute Gasteiger partial charge is 0.326 e. The van der Waals surface area contributed by atoms with E-state index in [-0.39, 0.29) is 6.04 Å². The molecule has 0 aliphatic carbocycles. The Morgan fingerprint density at radius 1 is 1.31 bits per heavy atom. The highest BCUT2D eigenvalue weighted by Crippen LogP contribution is 2.11. The lowest BCUT2D eigenvalue weighted by atomic mass is 10.0. The third kappa shape index (κ3) is 3.02. The fourth-order valence-corrected chi connectivity index (χ4v) is 1.40. The molecule has 0 aliphatic heterocycles. The second-order valence-electron chi connectivity index (χ2n) is 3.54. The van der Waals surface area contributed by atoms with Crippen molar-refractivity contribution in [1.82, 2.24) is 0 Å². The summed E-state index contributed by atoms with van der Waals surface area (Å²) in [5.74, 6) is 0.521. The van der Waals surface area contributed by atoms with Gasteiger partial charge >= 0.3 is 0 Å². The van der Waals surface area contributed by atoms with Crippen LogP contribution in [0.5, 0.6) is 0 Å². The number of benzene rings is 1. The Morgan fingerprint density at radius 2 is 2.00 bits per heavy atom. The van der Waals surface area contributed by atoms with Gasteiger partial charge in [-0.25, -0.2) is 0 Å². The summed E-state index contributed by atoms with van der Waals surface area (Å²) in [6.07, 6.45) is 0.866. The highest BCUT2D eigenvalue weighted by molar-refractivity contribution is 6.18. The molecule has 0 saturated carbocycles. The molecule has 0 spiro atoms. The SMILES string of the molecule is Cc1ccc(C[C@@H](N)CCl)cc1C. The van der Waals surface area contributed by atoms with Crippen molar-refractivity contribution in [1.29, 1.82) is 0 Å². The fourth-order valence-electron chi connectivity index (χ4n) is 1.29. The molecule has 0 saturated heterocycles. The van der Waals surface area contributed by atoms with Crippen LogP contribution in [0.2, 0.25) is 0 Å². The molecule has 0 bridgehead atoms. The van der Waals surface area contributed by atoms with Crippen LogP contribution in [-0.2, 0) is 6.42 Å². The molecule has 0 unspecified atom stereocenters. The van der Waals surface area contributed by atoms with Crippen LogP contribution in [0.3, 0.4) is 0 Å². The van der Waals surface area contributed by atoms with Gasteiger partial charge in [0.1, 0.15) is 0 Å². The van der Waals surface area contributed by atoms with Crippen molar-refractivity contribution in [3.63, 3.8) is 0 Å². The average Bonchev–Trinajstić information content (AvgIpc) is 2.11. The summed E-state index contributed by atoms with van der Waals surface area (Å²) in [5.41, 5.74) is 9.68. The molecule has 1 atom stereocenters. The summed E-state index contributed by atoms with van der Waals surface area (Å²) < 4.78 is 0. The minimum Gasteiger partial charge on any atom is -0.326 e. The number of alkyl halides is 1. The molecule has 72 valence electrons. The number of aryl methyl sites for hydroxylation is 2. The van der Waals surface area contributed by atoms with E-state index in [1.54, 1.807) is 0 Å². The first-order valence-electron chi connectivity index (χ1n) is 4.51. The van der Waals surface area contributed by atoms with Gasteiger partial charge in [-0.15, -0.1) is 11.6 Å². The Kier molecular flexibility index (Phi) is 3.76. The topological polar surface area (TPSA) is 26.0 Å². The zero-order valence-electron chi connectivity index (χ0n) is 8.18. The van der Waals surface area contributed by atoms with E-state index < -0.39 is 0 Å². The van der Waals surface area contributed by atoms with Crippen LogP contribution >= 0.6 is 11.6 Å². The average molecular weight is 198 g/mol. The molecule has 2 N–H and O–H groups in total. The molecule has 1 aromatic carbocycles. The maximum atomic E-state index is 5.76. The normalized spacial score (nSPS) is 12.9. The lowest BCUT2D eigenvalue weighted by Crippen LogP contribution is -2.24. The van der Waals surface area contributed by atoms with Gasteiger partial charge in [0.15, 0.2) is 0 Å². The molecular formula is C11H16ClN. The van der Waals surface area contributed by atoms with Crippen molar-refractivity contribution in [2.24, 2.45) is 5.73 Å². The molecule has 0 aliphatic rings. The second kappa shape index (κ2) is 4.64. The maximum Gasteiger partial charge on any atom is 0.0378 e. The van der Waals surface area contributed by atoms with E-state index in [0.29, 0.717) is 5.88 Å². The van der Waals surface area contributed by atoms with Crippen LogP contribution in [0.1, 0.15) is 16.7 Å². The lowest BCUT2D eigenvalue weighted by molar-refractivity contribution is 0.744. The molecule has 1 rings (SSSR count). The molecular weight excluding hydrogens is 182 g/mol. The van der Waals surface area contributed by atoms with Gasteiger partial charge in [-0.05, 0) is 37.0 Å². The van der Waals surface area contributed by atoms with E-state index in [4.69, 9.17) is 17.3 Å². The molecule has 0 aromatic heterocycles. The quantitative estimate of drug-likeness (QED) is 0.741.